The number of esters is 1. The Hall–Kier alpha value is -2.94. The Bertz CT molecular complexity index is 1560. The number of hydrogen-bond acceptors (Lipinski definition) is 7. The van der Waals surface area contributed by atoms with Gasteiger partial charge in [0.2, 0.25) is 10.0 Å². The molecule has 2 heterocycles. The minimum Gasteiger partial charge on any atom is -0.464 e. The minimum atomic E-state index is -4.01. The molecule has 14 heteroatoms. The fraction of sp³-hybridized carbons (Fsp3) is 0.481. The molecule has 0 amide bonds. The first kappa shape index (κ1) is 31.0. The Balaban J connectivity index is 1.75. The van der Waals surface area contributed by atoms with Gasteiger partial charge in [-0.2, -0.15) is 5.10 Å². The monoisotopic (exact) mass is 612 g/mol. The summed E-state index contributed by atoms with van der Waals surface area (Å²) in [6.07, 6.45) is 1.06. The summed E-state index contributed by atoms with van der Waals surface area (Å²) >= 11 is 0. The van der Waals surface area contributed by atoms with Gasteiger partial charge in [0.25, 0.3) is 0 Å². The molecule has 1 aliphatic rings. The van der Waals surface area contributed by atoms with Crippen molar-refractivity contribution < 1.29 is 35.9 Å². The number of fused-ring (bicyclic) bond motifs is 1. The van der Waals surface area contributed by atoms with Crippen LogP contribution in [0.25, 0.3) is 22.0 Å². The van der Waals surface area contributed by atoms with Gasteiger partial charge >= 0.3 is 5.97 Å². The number of carbonyl (C=O) groups is 1. The molecule has 1 fully saturated rings. The number of ether oxygens (including phenoxy) is 2. The zero-order chi connectivity index (χ0) is 30.1. The van der Waals surface area contributed by atoms with Gasteiger partial charge in [-0.15, -0.1) is 0 Å². The molecule has 1 saturated heterocycles. The van der Waals surface area contributed by atoms with Crippen LogP contribution in [0.2, 0.25) is 25.7 Å². The van der Waals surface area contributed by atoms with E-state index in [1.807, 2.05) is 4.90 Å². The lowest BCUT2D eigenvalue weighted by Crippen LogP contribution is -2.42. The molecule has 0 spiro atoms. The van der Waals surface area contributed by atoms with Crippen LogP contribution in [-0.4, -0.2) is 76.2 Å². The fourth-order valence-electron chi connectivity index (χ4n) is 4.78. The topological polar surface area (TPSA) is 103 Å². The molecule has 41 heavy (non-hydrogen) atoms. The normalized spacial score (nSPS) is 16.7. The van der Waals surface area contributed by atoms with Crippen molar-refractivity contribution in [2.45, 2.75) is 50.5 Å². The Morgan fingerprint density at radius 2 is 1.88 bits per heavy atom. The van der Waals surface area contributed by atoms with E-state index in [2.05, 4.69) is 29.5 Å². The number of anilines is 1. The highest BCUT2D eigenvalue weighted by Crippen LogP contribution is 2.37. The standard InChI is InChI=1S/C27H35F3N4O5SSi/c1-33-12-6-7-17(15-33)40(36,37)32-21-11-10-20(28)22(24(21)30)18-8-9-19-25(27(35)38-2)31-34(26(19)23(18)29)16-39-13-14-41(3,4)5/h8-11,17,32H,6-7,12-16H2,1-5H3. The second-order valence-electron chi connectivity index (χ2n) is 11.5. The number of carbonyl (C=O) groups excluding carboxylic acids is 1. The van der Waals surface area contributed by atoms with E-state index in [1.54, 1.807) is 7.05 Å². The summed E-state index contributed by atoms with van der Waals surface area (Å²) in [4.78, 5) is 14.2. The number of piperidine rings is 1. The van der Waals surface area contributed by atoms with Crippen molar-refractivity contribution >= 4 is 40.7 Å². The molecule has 1 N–H and O–H groups in total. The van der Waals surface area contributed by atoms with Crippen LogP contribution in [0.1, 0.15) is 23.3 Å². The highest BCUT2D eigenvalue weighted by Gasteiger charge is 2.32. The van der Waals surface area contributed by atoms with E-state index < -0.39 is 63.6 Å². The third-order valence-corrected chi connectivity index (χ3v) is 10.5. The molecule has 4 rings (SSSR count). The van der Waals surface area contributed by atoms with Crippen LogP contribution >= 0.6 is 0 Å². The SMILES string of the molecule is COC(=O)c1nn(COCC[Si](C)(C)C)c2c(F)c(-c3c(F)ccc(NS(=O)(=O)C4CCCN(C)C4)c3F)ccc12. The smallest absolute Gasteiger partial charge is 0.359 e. The van der Waals surface area contributed by atoms with E-state index >= 15 is 13.2 Å². The summed E-state index contributed by atoms with van der Waals surface area (Å²) in [5.41, 5.74) is -2.09. The summed E-state index contributed by atoms with van der Waals surface area (Å²) < 4.78 is 86.8. The lowest BCUT2D eigenvalue weighted by atomic mass is 10.0. The molecule has 0 saturated carbocycles. The molecule has 1 aliphatic heterocycles. The van der Waals surface area contributed by atoms with E-state index in [1.165, 1.54) is 6.07 Å². The number of halogens is 3. The van der Waals surface area contributed by atoms with Crippen LogP contribution in [0.4, 0.5) is 18.9 Å². The van der Waals surface area contributed by atoms with E-state index in [-0.39, 0.29) is 29.9 Å². The Labute approximate surface area is 238 Å². The maximum Gasteiger partial charge on any atom is 0.359 e. The Kier molecular flexibility index (Phi) is 9.16. The van der Waals surface area contributed by atoms with Crippen molar-refractivity contribution in [1.29, 1.82) is 0 Å². The fourth-order valence-corrected chi connectivity index (χ4v) is 7.10. The van der Waals surface area contributed by atoms with Crippen molar-refractivity contribution in [3.8, 4) is 11.1 Å². The van der Waals surface area contributed by atoms with Crippen molar-refractivity contribution in [2.24, 2.45) is 0 Å². The number of aromatic nitrogens is 2. The van der Waals surface area contributed by atoms with E-state index in [0.717, 1.165) is 42.6 Å². The van der Waals surface area contributed by atoms with Crippen molar-refractivity contribution in [3.63, 3.8) is 0 Å². The van der Waals surface area contributed by atoms with Gasteiger partial charge in [0, 0.05) is 32.2 Å². The number of nitrogens with zero attached hydrogens (tertiary/aromatic N) is 3. The average molecular weight is 613 g/mol. The van der Waals surface area contributed by atoms with Gasteiger partial charge in [-0.05, 0) is 50.7 Å². The van der Waals surface area contributed by atoms with Gasteiger partial charge in [-0.1, -0.05) is 25.7 Å². The lowest BCUT2D eigenvalue weighted by Gasteiger charge is -2.29. The summed E-state index contributed by atoms with van der Waals surface area (Å²) in [5.74, 6) is -4.22. The van der Waals surface area contributed by atoms with Crippen molar-refractivity contribution in [2.75, 3.05) is 38.6 Å². The van der Waals surface area contributed by atoms with E-state index in [9.17, 15) is 13.2 Å². The van der Waals surface area contributed by atoms with Crippen LogP contribution in [0.15, 0.2) is 24.3 Å². The van der Waals surface area contributed by atoms with Crippen LogP contribution in [0, 0.1) is 17.5 Å². The second kappa shape index (κ2) is 12.1. The molecule has 224 valence electrons. The van der Waals surface area contributed by atoms with Crippen LogP contribution in [0.5, 0.6) is 0 Å². The van der Waals surface area contributed by atoms with Crippen LogP contribution in [0.3, 0.4) is 0 Å². The predicted octanol–water partition coefficient (Wildman–Crippen LogP) is 5.06. The predicted molar refractivity (Wildman–Crippen MR) is 154 cm³/mol. The highest BCUT2D eigenvalue weighted by atomic mass is 32.2. The Morgan fingerprint density at radius 1 is 1.15 bits per heavy atom. The van der Waals surface area contributed by atoms with Gasteiger partial charge in [0.15, 0.2) is 17.3 Å². The second-order valence-corrected chi connectivity index (χ2v) is 19.1. The number of likely N-dealkylation sites (tertiary alicyclic amines) is 1. The summed E-state index contributed by atoms with van der Waals surface area (Å²) in [7, 11) is -2.48. The molecule has 9 nitrogen and oxygen atoms in total. The van der Waals surface area contributed by atoms with Gasteiger partial charge in [-0.25, -0.2) is 31.1 Å². The number of rotatable bonds is 10. The average Bonchev–Trinajstić information content (AvgIpc) is 3.28. The molecule has 0 bridgehead atoms. The first-order valence-electron chi connectivity index (χ1n) is 13.3. The first-order valence-corrected chi connectivity index (χ1v) is 18.5. The van der Waals surface area contributed by atoms with Crippen LogP contribution < -0.4 is 4.72 Å². The first-order chi connectivity index (χ1) is 19.2. The summed E-state index contributed by atoms with van der Waals surface area (Å²) in [6, 6.07) is 5.13. The summed E-state index contributed by atoms with van der Waals surface area (Å²) in [6.45, 7) is 7.71. The zero-order valence-electron chi connectivity index (χ0n) is 23.8. The number of benzene rings is 2. The highest BCUT2D eigenvalue weighted by molar-refractivity contribution is 7.93. The number of sulfonamides is 1. The third kappa shape index (κ3) is 6.76. The number of nitrogens with one attached hydrogen (secondary N) is 1. The molecule has 1 aromatic heterocycles. The number of hydrogen-bond donors (Lipinski definition) is 1. The zero-order valence-corrected chi connectivity index (χ0v) is 25.6. The maximum atomic E-state index is 16.1. The number of methoxy groups -OCH3 is 1. The van der Waals surface area contributed by atoms with Gasteiger partial charge in [0.05, 0.1) is 23.6 Å². The lowest BCUT2D eigenvalue weighted by molar-refractivity contribution is 0.0585. The largest absolute Gasteiger partial charge is 0.464 e. The van der Waals surface area contributed by atoms with E-state index in [0.29, 0.717) is 19.4 Å². The van der Waals surface area contributed by atoms with Crippen molar-refractivity contribution in [3.05, 3.63) is 47.4 Å². The minimum absolute atomic E-state index is 0.0750. The molecule has 0 radical (unpaired) electrons. The molecular formula is C27H35F3N4O5SSi. The molecule has 0 aliphatic carbocycles. The molecule has 2 aromatic carbocycles. The molecule has 1 atom stereocenters. The maximum absolute atomic E-state index is 16.1. The molecule has 3 aromatic rings. The third-order valence-electron chi connectivity index (χ3n) is 7.07. The van der Waals surface area contributed by atoms with Crippen molar-refractivity contribution in [1.82, 2.24) is 14.7 Å². The van der Waals surface area contributed by atoms with Gasteiger partial charge in [-0.3, -0.25) is 4.72 Å². The molecular weight excluding hydrogens is 577 g/mol. The summed E-state index contributed by atoms with van der Waals surface area (Å²) in [5, 5.41) is 3.46. The Morgan fingerprint density at radius 3 is 2.54 bits per heavy atom. The van der Waals surface area contributed by atoms with Gasteiger partial charge < -0.3 is 14.4 Å². The van der Waals surface area contributed by atoms with E-state index in [4.69, 9.17) is 9.47 Å². The quantitative estimate of drug-likeness (QED) is 0.194. The van der Waals surface area contributed by atoms with Crippen LogP contribution in [-0.2, 0) is 26.2 Å². The molecule has 1 unspecified atom stereocenters. The van der Waals surface area contributed by atoms with Gasteiger partial charge in [0.1, 0.15) is 18.1 Å².